The second kappa shape index (κ2) is 3.29. The van der Waals surface area contributed by atoms with Gasteiger partial charge in [-0.25, -0.2) is 0 Å². The summed E-state index contributed by atoms with van der Waals surface area (Å²) in [7, 11) is 0. The summed E-state index contributed by atoms with van der Waals surface area (Å²) in [5.74, 6) is 0. The van der Waals surface area contributed by atoms with Crippen molar-refractivity contribution in [1.82, 2.24) is 0 Å². The molecule has 0 amide bonds. The normalized spacial score (nSPS) is 9.56. The zero-order valence-corrected chi connectivity index (χ0v) is 8.52. The Hall–Kier alpha value is 0.0631. The molecule has 9 heavy (non-hydrogen) atoms. The summed E-state index contributed by atoms with van der Waals surface area (Å²) < 4.78 is 1.39. The first-order chi connectivity index (χ1) is 4.33. The van der Waals surface area contributed by atoms with Gasteiger partial charge in [0.25, 0.3) is 0 Å². The van der Waals surface area contributed by atoms with Gasteiger partial charge >= 0.3 is 70.1 Å². The Morgan fingerprint density at radius 1 is 1.44 bits per heavy atom. The van der Waals surface area contributed by atoms with Crippen LogP contribution in [0.1, 0.15) is 5.56 Å². The molecule has 1 rings (SSSR count). The third-order valence-electron chi connectivity index (χ3n) is 1.15. The Kier molecular flexibility index (Phi) is 2.62. The van der Waals surface area contributed by atoms with Gasteiger partial charge in [-0.05, 0) is 0 Å². The fourth-order valence-electron chi connectivity index (χ4n) is 0.683. The van der Waals surface area contributed by atoms with E-state index < -0.39 is 0 Å². The third-order valence-corrected chi connectivity index (χ3v) is 2.23. The van der Waals surface area contributed by atoms with Crippen molar-refractivity contribution < 1.29 is 0 Å². The molecule has 2 N–H and O–H groups in total. The van der Waals surface area contributed by atoms with E-state index in [1.807, 2.05) is 0 Å². The van der Waals surface area contributed by atoms with E-state index in [0.29, 0.717) is 6.54 Å². The van der Waals surface area contributed by atoms with Crippen LogP contribution in [0.3, 0.4) is 0 Å². The van der Waals surface area contributed by atoms with Crippen LogP contribution in [0.15, 0.2) is 24.3 Å². The first kappa shape index (κ1) is 7.17. The standard InChI is InChI=1S/C7H8N.Bi/c8-6-7-4-2-1-3-5-7;/h1-2,4-5H,6,8H2;. The number of benzene rings is 1. The summed E-state index contributed by atoms with van der Waals surface area (Å²) >= 11 is 1.31. The van der Waals surface area contributed by atoms with Gasteiger partial charge in [0, 0.05) is 0 Å². The molecule has 1 aromatic carbocycles. The maximum absolute atomic E-state index is 5.43. The van der Waals surface area contributed by atoms with Crippen molar-refractivity contribution in [3.63, 3.8) is 0 Å². The van der Waals surface area contributed by atoms with Crippen molar-refractivity contribution in [3.8, 4) is 0 Å². The molecule has 0 aromatic heterocycles. The molecule has 2 heteroatoms. The molecule has 0 saturated carbocycles. The van der Waals surface area contributed by atoms with E-state index in [1.54, 1.807) is 0 Å². The fraction of sp³-hybridized carbons (Fsp3) is 0.143. The van der Waals surface area contributed by atoms with Gasteiger partial charge in [-0.15, -0.1) is 0 Å². The van der Waals surface area contributed by atoms with E-state index in [1.165, 1.54) is 33.6 Å². The van der Waals surface area contributed by atoms with Crippen LogP contribution in [0.25, 0.3) is 0 Å². The molecule has 0 fully saturated rings. The minimum absolute atomic E-state index is 0.658. The van der Waals surface area contributed by atoms with Gasteiger partial charge in [0.2, 0.25) is 0 Å². The van der Waals surface area contributed by atoms with Crippen LogP contribution in [0, 0.1) is 0 Å². The third kappa shape index (κ3) is 2.04. The van der Waals surface area contributed by atoms with E-state index in [0.717, 1.165) is 0 Å². The van der Waals surface area contributed by atoms with Gasteiger partial charge in [-0.2, -0.15) is 0 Å². The summed E-state index contributed by atoms with van der Waals surface area (Å²) in [6, 6.07) is 8.37. The van der Waals surface area contributed by atoms with Gasteiger partial charge in [0.1, 0.15) is 0 Å². The predicted molar refractivity (Wildman–Crippen MR) is 39.7 cm³/mol. The monoisotopic (exact) mass is 315 g/mol. The molecule has 0 bridgehead atoms. The van der Waals surface area contributed by atoms with Gasteiger partial charge in [-0.3, -0.25) is 0 Å². The van der Waals surface area contributed by atoms with E-state index in [9.17, 15) is 0 Å². The molecule has 0 aliphatic carbocycles. The molecule has 46 valence electrons. The molecule has 1 nitrogen and oxygen atoms in total. The van der Waals surface area contributed by atoms with Crippen LogP contribution in [0.4, 0.5) is 0 Å². The van der Waals surface area contributed by atoms with Crippen LogP contribution in [-0.2, 0) is 6.54 Å². The van der Waals surface area contributed by atoms with Gasteiger partial charge in [-0.1, -0.05) is 0 Å². The average Bonchev–Trinajstić information content (AvgIpc) is 1.88. The first-order valence-corrected chi connectivity index (χ1v) is 4.55. The SMILES string of the molecule is NCc1ccc[c]([Bi])c1. The summed E-state index contributed by atoms with van der Waals surface area (Å²) in [5, 5.41) is 0. The summed E-state index contributed by atoms with van der Waals surface area (Å²) in [6.45, 7) is 0.658. The Morgan fingerprint density at radius 3 is 2.67 bits per heavy atom. The molecular formula is C7H8BiN. The van der Waals surface area contributed by atoms with Crippen molar-refractivity contribution in [1.29, 1.82) is 0 Å². The molecule has 1 aromatic rings. The number of hydrogen-bond donors (Lipinski definition) is 1. The van der Waals surface area contributed by atoms with Crippen LogP contribution in [0.5, 0.6) is 0 Å². The zero-order valence-electron chi connectivity index (χ0n) is 5.04. The van der Waals surface area contributed by atoms with Crippen molar-refractivity contribution in [2.75, 3.05) is 0 Å². The predicted octanol–water partition coefficient (Wildman–Crippen LogP) is -0.0609. The van der Waals surface area contributed by atoms with Gasteiger partial charge < -0.3 is 0 Å². The first-order valence-electron chi connectivity index (χ1n) is 2.81. The van der Waals surface area contributed by atoms with Crippen molar-refractivity contribution in [2.45, 2.75) is 6.54 Å². The van der Waals surface area contributed by atoms with Gasteiger partial charge in [0.05, 0.1) is 0 Å². The minimum atomic E-state index is 0.658. The molecule has 0 unspecified atom stereocenters. The number of nitrogens with two attached hydrogens (primary N) is 1. The van der Waals surface area contributed by atoms with Crippen LogP contribution in [-0.4, -0.2) is 24.7 Å². The molecular weight excluding hydrogens is 307 g/mol. The number of hydrogen-bond acceptors (Lipinski definition) is 1. The molecule has 0 atom stereocenters. The van der Waals surface area contributed by atoms with Crippen molar-refractivity contribution in [3.05, 3.63) is 29.8 Å². The summed E-state index contributed by atoms with van der Waals surface area (Å²) in [4.78, 5) is 0. The average molecular weight is 315 g/mol. The van der Waals surface area contributed by atoms with Crippen LogP contribution >= 0.6 is 0 Å². The van der Waals surface area contributed by atoms with Crippen molar-refractivity contribution >= 4 is 28.0 Å². The molecule has 0 heterocycles. The summed E-state index contributed by atoms with van der Waals surface area (Å²) in [6.07, 6.45) is 0. The molecule has 0 aliphatic rings. The van der Waals surface area contributed by atoms with E-state index >= 15 is 0 Å². The fourth-order valence-corrected chi connectivity index (χ4v) is 1.66. The Balaban J connectivity index is 2.94. The zero-order chi connectivity index (χ0) is 6.69. The Morgan fingerprint density at radius 2 is 2.22 bits per heavy atom. The van der Waals surface area contributed by atoms with Crippen LogP contribution < -0.4 is 9.01 Å². The second-order valence-electron chi connectivity index (χ2n) is 1.87. The van der Waals surface area contributed by atoms with Crippen LogP contribution in [0.2, 0.25) is 0 Å². The van der Waals surface area contributed by atoms with E-state index in [-0.39, 0.29) is 0 Å². The molecule has 2 radical (unpaired) electrons. The summed E-state index contributed by atoms with van der Waals surface area (Å²) in [5.41, 5.74) is 6.66. The Labute approximate surface area is 70.1 Å². The topological polar surface area (TPSA) is 26.0 Å². The molecule has 0 spiro atoms. The van der Waals surface area contributed by atoms with E-state index in [4.69, 9.17) is 5.73 Å². The maximum atomic E-state index is 5.43. The second-order valence-corrected chi connectivity index (χ2v) is 3.88. The quantitative estimate of drug-likeness (QED) is 0.722. The van der Waals surface area contributed by atoms with Gasteiger partial charge in [0.15, 0.2) is 0 Å². The van der Waals surface area contributed by atoms with Crippen molar-refractivity contribution in [2.24, 2.45) is 5.73 Å². The van der Waals surface area contributed by atoms with E-state index in [2.05, 4.69) is 24.3 Å². The Bertz CT molecular complexity index is 198. The number of rotatable bonds is 1. The molecule has 0 aliphatic heterocycles. The molecule has 0 saturated heterocycles.